The molecule has 3 aliphatic heterocycles. The minimum absolute atomic E-state index is 0.110. The molecule has 3 unspecified atom stereocenters. The van der Waals surface area contributed by atoms with E-state index in [9.17, 15) is 9.59 Å². The van der Waals surface area contributed by atoms with Gasteiger partial charge in [-0.15, -0.1) is 0 Å². The van der Waals surface area contributed by atoms with E-state index in [-0.39, 0.29) is 17.3 Å². The lowest BCUT2D eigenvalue weighted by atomic mass is 9.73. The van der Waals surface area contributed by atoms with Crippen LogP contribution in [0.25, 0.3) is 0 Å². The third-order valence-electron chi connectivity index (χ3n) is 10.1. The highest BCUT2D eigenvalue weighted by Crippen LogP contribution is 2.55. The number of carbonyl (C=O) groups is 2. The Bertz CT molecular complexity index is 1150. The normalized spacial score (nSPS) is 31.9. The molecule has 1 spiro atoms. The first kappa shape index (κ1) is 22.5. The minimum atomic E-state index is 0.110. The lowest BCUT2D eigenvalue weighted by molar-refractivity contribution is -0.135. The first-order valence-corrected chi connectivity index (χ1v) is 13.9. The van der Waals surface area contributed by atoms with Gasteiger partial charge in [0.25, 0.3) is 0 Å². The van der Waals surface area contributed by atoms with Gasteiger partial charge in [0.15, 0.2) is 0 Å². The number of hydrogen-bond acceptors (Lipinski definition) is 3. The zero-order valence-corrected chi connectivity index (χ0v) is 21.0. The van der Waals surface area contributed by atoms with Crippen LogP contribution in [0.2, 0.25) is 0 Å². The predicted octanol–water partition coefficient (Wildman–Crippen LogP) is 4.33. The van der Waals surface area contributed by atoms with E-state index in [4.69, 9.17) is 4.74 Å². The Kier molecular flexibility index (Phi) is 5.46. The van der Waals surface area contributed by atoms with Crippen LogP contribution in [-0.2, 0) is 19.7 Å². The second kappa shape index (κ2) is 8.72. The number of carbonyl (C=O) groups excluding carboxylic acids is 2. The molecule has 5 nitrogen and oxygen atoms in total. The molecular weight excluding hydrogens is 448 g/mol. The third kappa shape index (κ3) is 3.70. The largest absolute Gasteiger partial charge is 0.381 e. The zero-order chi connectivity index (χ0) is 24.3. The topological polar surface area (TPSA) is 49.9 Å². The van der Waals surface area contributed by atoms with E-state index in [2.05, 4.69) is 64.4 Å². The fraction of sp³-hybridized carbons (Fsp3) is 0.548. The highest BCUT2D eigenvalue weighted by atomic mass is 16.5. The van der Waals surface area contributed by atoms with Crippen molar-refractivity contribution in [3.05, 3.63) is 71.3 Å². The highest BCUT2D eigenvalue weighted by Gasteiger charge is 2.59. The summed E-state index contributed by atoms with van der Waals surface area (Å²) in [5.41, 5.74) is 4.27. The predicted molar refractivity (Wildman–Crippen MR) is 138 cm³/mol. The van der Waals surface area contributed by atoms with Crippen LogP contribution in [0.3, 0.4) is 0 Å². The number of benzene rings is 2. The molecule has 188 valence electrons. The Labute approximate surface area is 213 Å². The fourth-order valence-electron chi connectivity index (χ4n) is 7.98. The Balaban J connectivity index is 1.01. The van der Waals surface area contributed by atoms with Crippen molar-refractivity contribution in [3.63, 3.8) is 0 Å². The Morgan fingerprint density at radius 2 is 1.61 bits per heavy atom. The van der Waals surface area contributed by atoms with Crippen LogP contribution in [-0.4, -0.2) is 61.0 Å². The summed E-state index contributed by atoms with van der Waals surface area (Å²) in [5, 5.41) is 0. The summed E-state index contributed by atoms with van der Waals surface area (Å²) in [4.78, 5) is 30.8. The van der Waals surface area contributed by atoms with Crippen LogP contribution in [0, 0.1) is 17.8 Å². The minimum Gasteiger partial charge on any atom is -0.381 e. The monoisotopic (exact) mass is 484 g/mol. The van der Waals surface area contributed by atoms with Gasteiger partial charge < -0.3 is 14.5 Å². The molecule has 5 heteroatoms. The van der Waals surface area contributed by atoms with Gasteiger partial charge in [-0.1, -0.05) is 54.6 Å². The second-order valence-corrected chi connectivity index (χ2v) is 11.9. The maximum Gasteiger partial charge on any atom is 0.226 e. The number of fused-ring (bicyclic) bond motifs is 3. The first-order valence-electron chi connectivity index (χ1n) is 13.9. The second-order valence-electron chi connectivity index (χ2n) is 11.9. The molecule has 2 aromatic carbocycles. The number of piperidine rings is 1. The van der Waals surface area contributed by atoms with E-state index in [0.29, 0.717) is 36.0 Å². The average molecular weight is 485 g/mol. The van der Waals surface area contributed by atoms with E-state index in [0.717, 1.165) is 65.1 Å². The van der Waals surface area contributed by atoms with Gasteiger partial charge >= 0.3 is 0 Å². The van der Waals surface area contributed by atoms with Crippen molar-refractivity contribution < 1.29 is 14.3 Å². The molecule has 3 saturated heterocycles. The zero-order valence-electron chi connectivity index (χ0n) is 21.0. The van der Waals surface area contributed by atoms with Gasteiger partial charge in [-0.3, -0.25) is 9.59 Å². The SMILES string of the molecule is O=C(CC1CC2(CCN(C(=O)C3[C@H]4COC[C@@H]34)CC2)c2ccccc21)N1CCC(c2ccccc2)C1. The van der Waals surface area contributed by atoms with E-state index in [1.807, 2.05) is 0 Å². The summed E-state index contributed by atoms with van der Waals surface area (Å²) in [7, 11) is 0. The third-order valence-corrected chi connectivity index (χ3v) is 10.1. The highest BCUT2D eigenvalue weighted by molar-refractivity contribution is 5.83. The van der Waals surface area contributed by atoms with E-state index < -0.39 is 0 Å². The van der Waals surface area contributed by atoms with Gasteiger partial charge in [0.05, 0.1) is 13.2 Å². The standard InChI is InChI=1S/C31H36N2O3/c34-28(33-13-10-22(18-33)21-6-2-1-3-7-21)16-23-17-31(27-9-5-4-8-24(23)27)11-14-32(15-12-31)30(35)29-25-19-36-20-26(25)29/h1-9,22-23,25-26,29H,10-20H2/t22?,23?,25-,26+,29?. The molecule has 5 atom stereocenters. The maximum absolute atomic E-state index is 13.4. The van der Waals surface area contributed by atoms with Crippen molar-refractivity contribution in [1.82, 2.24) is 9.80 Å². The van der Waals surface area contributed by atoms with Crippen LogP contribution in [0.15, 0.2) is 54.6 Å². The number of likely N-dealkylation sites (tertiary alicyclic amines) is 2. The average Bonchev–Trinajstić information content (AvgIpc) is 3.31. The van der Waals surface area contributed by atoms with E-state index >= 15 is 0 Å². The lowest BCUT2D eigenvalue weighted by Crippen LogP contribution is -2.45. The van der Waals surface area contributed by atoms with Gasteiger partial charge in [0.1, 0.15) is 0 Å². The summed E-state index contributed by atoms with van der Waals surface area (Å²) in [6.45, 7) is 4.93. The summed E-state index contributed by atoms with van der Waals surface area (Å²) >= 11 is 0. The molecule has 0 N–H and O–H groups in total. The molecule has 1 saturated carbocycles. The van der Waals surface area contributed by atoms with E-state index in [1.54, 1.807) is 0 Å². The molecule has 2 amide bonds. The number of nitrogens with zero attached hydrogens (tertiary/aromatic N) is 2. The number of ether oxygens (including phenoxy) is 1. The molecular formula is C31H36N2O3. The van der Waals surface area contributed by atoms with Crippen LogP contribution in [0.1, 0.15) is 60.6 Å². The van der Waals surface area contributed by atoms with Crippen molar-refractivity contribution >= 4 is 11.8 Å². The molecule has 0 radical (unpaired) electrons. The Morgan fingerprint density at radius 3 is 2.39 bits per heavy atom. The molecule has 36 heavy (non-hydrogen) atoms. The van der Waals surface area contributed by atoms with Gasteiger partial charge in [-0.05, 0) is 65.5 Å². The van der Waals surface area contributed by atoms with Crippen molar-refractivity contribution in [2.75, 3.05) is 39.4 Å². The van der Waals surface area contributed by atoms with Crippen molar-refractivity contribution in [2.24, 2.45) is 17.8 Å². The number of rotatable bonds is 4. The summed E-state index contributed by atoms with van der Waals surface area (Å²) < 4.78 is 5.50. The van der Waals surface area contributed by atoms with Gasteiger partial charge in [0, 0.05) is 44.4 Å². The molecule has 2 aromatic rings. The van der Waals surface area contributed by atoms with Crippen LogP contribution < -0.4 is 0 Å². The Morgan fingerprint density at radius 1 is 0.889 bits per heavy atom. The molecule has 4 fully saturated rings. The Hall–Kier alpha value is -2.66. The van der Waals surface area contributed by atoms with Crippen LogP contribution in [0.4, 0.5) is 0 Å². The molecule has 3 heterocycles. The quantitative estimate of drug-likeness (QED) is 0.649. The summed E-state index contributed by atoms with van der Waals surface area (Å²) in [5.74, 6) is 2.58. The molecule has 5 aliphatic rings. The molecule has 0 bridgehead atoms. The summed E-state index contributed by atoms with van der Waals surface area (Å²) in [6, 6.07) is 19.5. The van der Waals surface area contributed by atoms with Crippen molar-refractivity contribution in [2.45, 2.75) is 49.4 Å². The maximum atomic E-state index is 13.4. The van der Waals surface area contributed by atoms with Gasteiger partial charge in [-0.2, -0.15) is 0 Å². The van der Waals surface area contributed by atoms with Gasteiger partial charge in [-0.25, -0.2) is 0 Å². The summed E-state index contributed by atoms with van der Waals surface area (Å²) in [6.07, 6.45) is 4.73. The molecule has 0 aromatic heterocycles. The lowest BCUT2D eigenvalue weighted by Gasteiger charge is -2.40. The van der Waals surface area contributed by atoms with Crippen LogP contribution >= 0.6 is 0 Å². The van der Waals surface area contributed by atoms with Gasteiger partial charge in [0.2, 0.25) is 11.8 Å². The van der Waals surface area contributed by atoms with Crippen molar-refractivity contribution in [1.29, 1.82) is 0 Å². The van der Waals surface area contributed by atoms with Crippen LogP contribution in [0.5, 0.6) is 0 Å². The smallest absolute Gasteiger partial charge is 0.226 e. The van der Waals surface area contributed by atoms with E-state index in [1.165, 1.54) is 16.7 Å². The van der Waals surface area contributed by atoms with Crippen molar-refractivity contribution in [3.8, 4) is 0 Å². The first-order chi connectivity index (χ1) is 17.6. The molecule has 2 aliphatic carbocycles. The molecule has 7 rings (SSSR count). The number of hydrogen-bond donors (Lipinski definition) is 0. The fourth-order valence-corrected chi connectivity index (χ4v) is 7.98. The number of amides is 2.